The molecule has 29 heavy (non-hydrogen) atoms. The zero-order valence-corrected chi connectivity index (χ0v) is 19.0. The zero-order valence-electron chi connectivity index (χ0n) is 16.7. The van der Waals surface area contributed by atoms with E-state index < -0.39 is 0 Å². The third-order valence-electron chi connectivity index (χ3n) is 4.45. The molecule has 0 spiro atoms. The second-order valence-corrected chi connectivity index (χ2v) is 6.42. The first-order chi connectivity index (χ1) is 13.7. The molecule has 0 saturated carbocycles. The molecular weight excluding hydrogens is 483 g/mol. The number of nitrogens with zero attached hydrogens (tertiary/aromatic N) is 1. The lowest BCUT2D eigenvalue weighted by molar-refractivity contribution is -0.116. The molecule has 2 aromatic carbocycles. The van der Waals surface area contributed by atoms with Gasteiger partial charge in [-0.3, -0.25) is 9.79 Å². The highest BCUT2D eigenvalue weighted by molar-refractivity contribution is 14.0. The van der Waals surface area contributed by atoms with Gasteiger partial charge in [-0.15, -0.1) is 24.0 Å². The van der Waals surface area contributed by atoms with Crippen LogP contribution < -0.4 is 25.4 Å². The van der Waals surface area contributed by atoms with Crippen LogP contribution in [-0.2, 0) is 17.8 Å². The van der Waals surface area contributed by atoms with Gasteiger partial charge in [0.15, 0.2) is 5.96 Å². The number of hydrogen-bond acceptors (Lipinski definition) is 4. The minimum Gasteiger partial charge on any atom is -0.497 e. The van der Waals surface area contributed by atoms with E-state index in [0.717, 1.165) is 34.7 Å². The number of aryl methyl sites for hydroxylation is 1. The van der Waals surface area contributed by atoms with Crippen LogP contribution in [0.15, 0.2) is 47.5 Å². The van der Waals surface area contributed by atoms with E-state index in [1.54, 1.807) is 14.2 Å². The third kappa shape index (κ3) is 6.81. The first-order valence-electron chi connectivity index (χ1n) is 9.31. The van der Waals surface area contributed by atoms with Crippen LogP contribution >= 0.6 is 24.0 Å². The fourth-order valence-electron chi connectivity index (χ4n) is 2.98. The van der Waals surface area contributed by atoms with E-state index in [9.17, 15) is 4.79 Å². The van der Waals surface area contributed by atoms with Crippen molar-refractivity contribution in [1.29, 1.82) is 0 Å². The molecule has 3 N–H and O–H groups in total. The number of guanidine groups is 1. The molecule has 1 aliphatic rings. The fraction of sp³-hybridized carbons (Fsp3) is 0.333. The van der Waals surface area contributed by atoms with Gasteiger partial charge in [0.25, 0.3) is 0 Å². The Bertz CT molecular complexity index is 858. The lowest BCUT2D eigenvalue weighted by Crippen LogP contribution is -2.38. The van der Waals surface area contributed by atoms with Crippen molar-refractivity contribution < 1.29 is 14.3 Å². The van der Waals surface area contributed by atoms with Gasteiger partial charge in [-0.25, -0.2) is 0 Å². The Kier molecular flexibility index (Phi) is 9.04. The Labute approximate surface area is 188 Å². The molecule has 0 radical (unpaired) electrons. The van der Waals surface area contributed by atoms with Crippen LogP contribution in [0.1, 0.15) is 17.5 Å². The number of rotatable bonds is 7. The standard InChI is InChI=1S/C21H26N4O3.HI/c1-22-21(24-14-15-4-3-5-17(12-15)27-2)23-10-11-28-18-7-8-19-16(13-18)6-9-20(26)25-19;/h3-5,7-8,12-13H,6,9-11,14H2,1-2H3,(H,25,26)(H2,22,23,24);1H. The van der Waals surface area contributed by atoms with Crippen molar-refractivity contribution >= 4 is 41.5 Å². The summed E-state index contributed by atoms with van der Waals surface area (Å²) in [5, 5.41) is 9.37. The normalized spacial score (nSPS) is 12.9. The minimum absolute atomic E-state index is 0. The van der Waals surface area contributed by atoms with E-state index in [1.165, 1.54) is 0 Å². The Balaban J connectivity index is 0.00000300. The number of methoxy groups -OCH3 is 1. The average molecular weight is 510 g/mol. The summed E-state index contributed by atoms with van der Waals surface area (Å²) in [6, 6.07) is 13.7. The summed E-state index contributed by atoms with van der Waals surface area (Å²) in [4.78, 5) is 15.6. The van der Waals surface area contributed by atoms with Crippen molar-refractivity contribution in [2.75, 3.05) is 32.6 Å². The molecule has 0 atom stereocenters. The van der Waals surface area contributed by atoms with Crippen LogP contribution in [0.3, 0.4) is 0 Å². The maximum atomic E-state index is 11.4. The van der Waals surface area contributed by atoms with Crippen molar-refractivity contribution in [3.05, 3.63) is 53.6 Å². The second kappa shape index (κ2) is 11.5. The zero-order chi connectivity index (χ0) is 19.8. The molecule has 0 aliphatic carbocycles. The molecule has 7 nitrogen and oxygen atoms in total. The van der Waals surface area contributed by atoms with Crippen molar-refractivity contribution in [3.63, 3.8) is 0 Å². The number of carbonyl (C=O) groups is 1. The van der Waals surface area contributed by atoms with Crippen LogP contribution in [0.2, 0.25) is 0 Å². The maximum Gasteiger partial charge on any atom is 0.224 e. The van der Waals surface area contributed by atoms with Crippen LogP contribution in [0.25, 0.3) is 0 Å². The van der Waals surface area contributed by atoms with E-state index in [2.05, 4.69) is 20.9 Å². The van der Waals surface area contributed by atoms with Crippen LogP contribution in [0.4, 0.5) is 5.69 Å². The summed E-state index contributed by atoms with van der Waals surface area (Å²) in [6.07, 6.45) is 1.27. The Morgan fingerprint density at radius 2 is 2.00 bits per heavy atom. The van der Waals surface area contributed by atoms with Crippen molar-refractivity contribution in [1.82, 2.24) is 10.6 Å². The summed E-state index contributed by atoms with van der Waals surface area (Å²) in [6.45, 7) is 1.77. The largest absolute Gasteiger partial charge is 0.497 e. The molecule has 0 fully saturated rings. The van der Waals surface area contributed by atoms with Crippen LogP contribution in [-0.4, -0.2) is 39.2 Å². The summed E-state index contributed by atoms with van der Waals surface area (Å²) < 4.78 is 11.1. The molecule has 0 bridgehead atoms. The van der Waals surface area contributed by atoms with E-state index >= 15 is 0 Å². The van der Waals surface area contributed by atoms with E-state index in [4.69, 9.17) is 9.47 Å². The van der Waals surface area contributed by atoms with Gasteiger partial charge < -0.3 is 25.4 Å². The number of aliphatic imine (C=N–C) groups is 1. The van der Waals surface area contributed by atoms with Gasteiger partial charge in [-0.05, 0) is 47.9 Å². The van der Waals surface area contributed by atoms with Crippen molar-refractivity contribution in [2.45, 2.75) is 19.4 Å². The van der Waals surface area contributed by atoms with Crippen LogP contribution in [0, 0.1) is 0 Å². The van der Waals surface area contributed by atoms with Gasteiger partial charge in [0, 0.05) is 25.7 Å². The van der Waals surface area contributed by atoms with Gasteiger partial charge in [-0.2, -0.15) is 0 Å². The molecule has 1 heterocycles. The Morgan fingerprint density at radius 1 is 1.14 bits per heavy atom. The fourth-order valence-corrected chi connectivity index (χ4v) is 2.98. The topological polar surface area (TPSA) is 84.0 Å². The van der Waals surface area contributed by atoms with Gasteiger partial charge in [0.05, 0.1) is 13.7 Å². The number of anilines is 1. The van der Waals surface area contributed by atoms with E-state index in [1.807, 2.05) is 42.5 Å². The molecule has 8 heteroatoms. The summed E-state index contributed by atoms with van der Waals surface area (Å²) in [5.74, 6) is 2.41. The van der Waals surface area contributed by atoms with E-state index in [-0.39, 0.29) is 29.9 Å². The number of carbonyl (C=O) groups excluding carboxylic acids is 1. The molecule has 156 valence electrons. The highest BCUT2D eigenvalue weighted by Crippen LogP contribution is 2.26. The monoisotopic (exact) mass is 510 g/mol. The minimum atomic E-state index is 0. The first kappa shape index (κ1) is 22.8. The third-order valence-corrected chi connectivity index (χ3v) is 4.45. The second-order valence-electron chi connectivity index (χ2n) is 6.42. The molecule has 1 aliphatic heterocycles. The molecule has 0 aromatic heterocycles. The van der Waals surface area contributed by atoms with Gasteiger partial charge in [0.2, 0.25) is 5.91 Å². The Morgan fingerprint density at radius 3 is 2.79 bits per heavy atom. The molecule has 3 rings (SSSR count). The number of halogens is 1. The van der Waals surface area contributed by atoms with Gasteiger partial charge in [-0.1, -0.05) is 12.1 Å². The molecule has 0 saturated heterocycles. The molecular formula is C21H27IN4O3. The SMILES string of the molecule is CN=C(NCCOc1ccc2c(c1)CCC(=O)N2)NCc1cccc(OC)c1.I. The summed E-state index contributed by atoms with van der Waals surface area (Å²) in [5.41, 5.74) is 3.10. The van der Waals surface area contributed by atoms with Gasteiger partial charge in [0.1, 0.15) is 18.1 Å². The number of fused-ring (bicyclic) bond motifs is 1. The molecule has 2 aromatic rings. The van der Waals surface area contributed by atoms with Gasteiger partial charge >= 0.3 is 0 Å². The number of amides is 1. The predicted molar refractivity (Wildman–Crippen MR) is 125 cm³/mol. The molecule has 0 unspecified atom stereocenters. The highest BCUT2D eigenvalue weighted by Gasteiger charge is 2.14. The van der Waals surface area contributed by atoms with Crippen molar-refractivity contribution in [3.8, 4) is 11.5 Å². The number of hydrogen-bond donors (Lipinski definition) is 3. The van der Waals surface area contributed by atoms with E-state index in [0.29, 0.717) is 32.1 Å². The van der Waals surface area contributed by atoms with Crippen LogP contribution in [0.5, 0.6) is 11.5 Å². The number of ether oxygens (including phenoxy) is 2. The predicted octanol–water partition coefficient (Wildman–Crippen LogP) is 2.94. The number of nitrogens with one attached hydrogen (secondary N) is 3. The average Bonchev–Trinajstić information content (AvgIpc) is 2.73. The lowest BCUT2D eigenvalue weighted by atomic mass is 10.0. The smallest absolute Gasteiger partial charge is 0.224 e. The summed E-state index contributed by atoms with van der Waals surface area (Å²) >= 11 is 0. The maximum absolute atomic E-state index is 11.4. The lowest BCUT2D eigenvalue weighted by Gasteiger charge is -2.18. The Hall–Kier alpha value is -2.49. The highest BCUT2D eigenvalue weighted by atomic mass is 127. The number of benzene rings is 2. The molecule has 1 amide bonds. The quantitative estimate of drug-likeness (QED) is 0.231. The first-order valence-corrected chi connectivity index (χ1v) is 9.31. The summed E-state index contributed by atoms with van der Waals surface area (Å²) in [7, 11) is 3.39. The van der Waals surface area contributed by atoms with Crippen molar-refractivity contribution in [2.24, 2.45) is 4.99 Å².